The molecule has 6 heteroatoms. The van der Waals surface area contributed by atoms with Gasteiger partial charge in [-0.2, -0.15) is 0 Å². The normalized spacial score (nSPS) is 10.9. The monoisotopic (exact) mass is 463 g/mol. The lowest BCUT2D eigenvalue weighted by Gasteiger charge is -2.09. The second-order valence-electron chi connectivity index (χ2n) is 7.39. The maximum Gasteiger partial charge on any atom is 0.341 e. The van der Waals surface area contributed by atoms with Crippen LogP contribution in [0.15, 0.2) is 60.7 Å². The Labute approximate surface area is 199 Å². The number of carbonyl (C=O) groups is 2. The zero-order valence-electron chi connectivity index (χ0n) is 19.2. The lowest BCUT2D eigenvalue weighted by molar-refractivity contribution is -0.111. The molecule has 0 fully saturated rings. The highest BCUT2D eigenvalue weighted by atomic mass is 32.1. The van der Waals surface area contributed by atoms with E-state index in [9.17, 15) is 9.59 Å². The molecule has 1 heterocycles. The average Bonchev–Trinajstić information content (AvgIpc) is 3.14. The molecular formula is C27H29NO4S. The van der Waals surface area contributed by atoms with Crippen LogP contribution in [0.3, 0.4) is 0 Å². The molecule has 0 aliphatic carbocycles. The van der Waals surface area contributed by atoms with Crippen LogP contribution in [0.25, 0.3) is 17.2 Å². The van der Waals surface area contributed by atoms with Crippen LogP contribution in [0.5, 0.6) is 5.75 Å². The second kappa shape index (κ2) is 12.0. The van der Waals surface area contributed by atoms with Crippen molar-refractivity contribution in [1.82, 2.24) is 0 Å². The van der Waals surface area contributed by atoms with Gasteiger partial charge in [-0.15, -0.1) is 11.3 Å². The number of unbranched alkanes of at least 4 members (excludes halogenated alkanes) is 1. The molecule has 1 amide bonds. The summed E-state index contributed by atoms with van der Waals surface area (Å²) in [4.78, 5) is 26.5. The summed E-state index contributed by atoms with van der Waals surface area (Å²) in [6.45, 7) is 6.70. The van der Waals surface area contributed by atoms with Crippen LogP contribution in [0.2, 0.25) is 0 Å². The van der Waals surface area contributed by atoms with Gasteiger partial charge in [0.05, 0.1) is 13.2 Å². The van der Waals surface area contributed by atoms with Gasteiger partial charge in [0.2, 0.25) is 5.91 Å². The maximum atomic E-state index is 12.8. The number of amides is 1. The quantitative estimate of drug-likeness (QED) is 0.206. The van der Waals surface area contributed by atoms with E-state index in [0.29, 0.717) is 17.2 Å². The van der Waals surface area contributed by atoms with E-state index in [1.165, 1.54) is 17.4 Å². The topological polar surface area (TPSA) is 64.6 Å². The van der Waals surface area contributed by atoms with E-state index in [0.717, 1.165) is 40.2 Å². The average molecular weight is 464 g/mol. The van der Waals surface area contributed by atoms with Gasteiger partial charge in [0.15, 0.2) is 0 Å². The van der Waals surface area contributed by atoms with Gasteiger partial charge in [-0.1, -0.05) is 61.9 Å². The molecule has 0 saturated carbocycles. The lowest BCUT2D eigenvalue weighted by Crippen LogP contribution is -2.12. The number of esters is 1. The van der Waals surface area contributed by atoms with Crippen LogP contribution in [0, 0.1) is 6.92 Å². The molecule has 3 rings (SSSR count). The Morgan fingerprint density at radius 1 is 1.03 bits per heavy atom. The minimum Gasteiger partial charge on any atom is -0.493 e. The predicted octanol–water partition coefficient (Wildman–Crippen LogP) is 6.73. The summed E-state index contributed by atoms with van der Waals surface area (Å²) in [6.07, 6.45) is 5.19. The first kappa shape index (κ1) is 24.3. The van der Waals surface area contributed by atoms with Crippen molar-refractivity contribution in [3.05, 3.63) is 76.7 Å². The number of hydrogen-bond donors (Lipinski definition) is 1. The molecule has 0 unspecified atom stereocenters. The van der Waals surface area contributed by atoms with Gasteiger partial charge in [-0.25, -0.2) is 4.79 Å². The van der Waals surface area contributed by atoms with E-state index < -0.39 is 5.97 Å². The van der Waals surface area contributed by atoms with Crippen LogP contribution < -0.4 is 10.1 Å². The third-order valence-electron chi connectivity index (χ3n) is 4.95. The van der Waals surface area contributed by atoms with E-state index in [2.05, 4.69) is 12.2 Å². The summed E-state index contributed by atoms with van der Waals surface area (Å²) >= 11 is 1.37. The number of aryl methyl sites for hydroxylation is 1. The summed E-state index contributed by atoms with van der Waals surface area (Å²) in [5.74, 6) is -0.0417. The molecule has 0 saturated heterocycles. The third-order valence-corrected chi connectivity index (χ3v) is 5.97. The first-order chi connectivity index (χ1) is 16.0. The zero-order valence-corrected chi connectivity index (χ0v) is 20.0. The van der Waals surface area contributed by atoms with Gasteiger partial charge in [-0.05, 0) is 38.0 Å². The van der Waals surface area contributed by atoms with Crippen molar-refractivity contribution >= 4 is 34.3 Å². The summed E-state index contributed by atoms with van der Waals surface area (Å²) in [7, 11) is 0. The molecule has 0 atom stereocenters. The van der Waals surface area contributed by atoms with Gasteiger partial charge < -0.3 is 14.8 Å². The van der Waals surface area contributed by atoms with E-state index in [-0.39, 0.29) is 12.5 Å². The molecule has 172 valence electrons. The molecule has 0 aliphatic rings. The predicted molar refractivity (Wildman–Crippen MR) is 135 cm³/mol. The van der Waals surface area contributed by atoms with Gasteiger partial charge in [0, 0.05) is 22.1 Å². The standard InChI is InChI=1S/C27H29NO4S/c1-4-6-18-32-22-15-11-10-12-20(22)16-17-23(29)28-26-25(27(30)31-5-2)24(19(3)33-26)21-13-8-7-9-14-21/h7-17H,4-6,18H2,1-3H3,(H,28,29). The van der Waals surface area contributed by atoms with E-state index in [1.807, 2.05) is 61.5 Å². The van der Waals surface area contributed by atoms with Crippen molar-refractivity contribution in [2.24, 2.45) is 0 Å². The first-order valence-corrected chi connectivity index (χ1v) is 11.9. The Morgan fingerprint density at radius 3 is 2.48 bits per heavy atom. The highest BCUT2D eigenvalue weighted by Crippen LogP contribution is 2.40. The maximum absolute atomic E-state index is 12.8. The molecule has 0 radical (unpaired) electrons. The smallest absolute Gasteiger partial charge is 0.341 e. The Morgan fingerprint density at radius 2 is 1.76 bits per heavy atom. The SMILES string of the molecule is CCCCOc1ccccc1C=CC(=O)Nc1sc(C)c(-c2ccccc2)c1C(=O)OCC. The van der Waals surface area contributed by atoms with Crippen LogP contribution in [-0.2, 0) is 9.53 Å². The van der Waals surface area contributed by atoms with Gasteiger partial charge in [0.25, 0.3) is 0 Å². The van der Waals surface area contributed by atoms with Gasteiger partial charge in [-0.3, -0.25) is 4.79 Å². The van der Waals surface area contributed by atoms with Crippen molar-refractivity contribution in [3.8, 4) is 16.9 Å². The Balaban J connectivity index is 1.85. The Kier molecular flexibility index (Phi) is 8.84. The highest BCUT2D eigenvalue weighted by molar-refractivity contribution is 7.17. The highest BCUT2D eigenvalue weighted by Gasteiger charge is 2.25. The minimum atomic E-state index is -0.449. The van der Waals surface area contributed by atoms with Crippen molar-refractivity contribution in [2.75, 3.05) is 18.5 Å². The third kappa shape index (κ3) is 6.33. The molecule has 33 heavy (non-hydrogen) atoms. The summed E-state index contributed by atoms with van der Waals surface area (Å²) in [6, 6.07) is 17.2. The van der Waals surface area contributed by atoms with Crippen LogP contribution >= 0.6 is 11.3 Å². The molecule has 1 aromatic heterocycles. The number of rotatable bonds is 10. The number of hydrogen-bond acceptors (Lipinski definition) is 5. The van der Waals surface area contributed by atoms with Crippen LogP contribution in [-0.4, -0.2) is 25.1 Å². The summed E-state index contributed by atoms with van der Waals surface area (Å²) < 4.78 is 11.1. The summed E-state index contributed by atoms with van der Waals surface area (Å²) in [5.41, 5.74) is 2.90. The van der Waals surface area contributed by atoms with E-state index >= 15 is 0 Å². The number of benzene rings is 2. The van der Waals surface area contributed by atoms with Crippen molar-refractivity contribution in [2.45, 2.75) is 33.6 Å². The van der Waals surface area contributed by atoms with E-state index in [4.69, 9.17) is 9.47 Å². The number of para-hydroxylation sites is 1. The zero-order chi connectivity index (χ0) is 23.6. The lowest BCUT2D eigenvalue weighted by atomic mass is 10.0. The van der Waals surface area contributed by atoms with Gasteiger partial charge in [0.1, 0.15) is 16.3 Å². The Hall–Kier alpha value is -3.38. The molecule has 5 nitrogen and oxygen atoms in total. The fourth-order valence-corrected chi connectivity index (χ4v) is 4.45. The number of nitrogens with one attached hydrogen (secondary N) is 1. The molecule has 3 aromatic rings. The fraction of sp³-hybridized carbons (Fsp3) is 0.259. The number of anilines is 1. The molecular weight excluding hydrogens is 434 g/mol. The summed E-state index contributed by atoms with van der Waals surface area (Å²) in [5, 5.41) is 3.35. The van der Waals surface area contributed by atoms with Crippen molar-refractivity contribution in [1.29, 1.82) is 0 Å². The largest absolute Gasteiger partial charge is 0.493 e. The van der Waals surface area contributed by atoms with Crippen LogP contribution in [0.1, 0.15) is 47.5 Å². The van der Waals surface area contributed by atoms with Gasteiger partial charge >= 0.3 is 5.97 Å². The molecule has 0 spiro atoms. The Bertz CT molecular complexity index is 1120. The van der Waals surface area contributed by atoms with E-state index in [1.54, 1.807) is 13.0 Å². The number of carbonyl (C=O) groups excluding carboxylic acids is 2. The number of ether oxygens (including phenoxy) is 2. The second-order valence-corrected chi connectivity index (χ2v) is 8.61. The first-order valence-electron chi connectivity index (χ1n) is 11.1. The molecule has 0 aliphatic heterocycles. The van der Waals surface area contributed by atoms with Crippen molar-refractivity contribution in [3.63, 3.8) is 0 Å². The molecule has 0 bridgehead atoms. The van der Waals surface area contributed by atoms with Crippen LogP contribution in [0.4, 0.5) is 5.00 Å². The minimum absolute atomic E-state index is 0.254. The fourth-order valence-electron chi connectivity index (χ4n) is 3.38. The molecule has 1 N–H and O–H groups in total. The number of thiophene rings is 1. The van der Waals surface area contributed by atoms with Crippen molar-refractivity contribution < 1.29 is 19.1 Å². The molecule has 2 aromatic carbocycles.